The fraction of sp³-hybridized carbons (Fsp3) is 1.00. The summed E-state index contributed by atoms with van der Waals surface area (Å²) in [5.74, 6) is 2.26. The molecule has 3 nitrogen and oxygen atoms in total. The summed E-state index contributed by atoms with van der Waals surface area (Å²) in [5.41, 5.74) is 0. The lowest BCUT2D eigenvalue weighted by Gasteiger charge is -2.37. The molecule has 0 amide bonds. The van der Waals surface area contributed by atoms with E-state index >= 15 is 0 Å². The number of hydrogen-bond donors (Lipinski definition) is 0. The van der Waals surface area contributed by atoms with Crippen LogP contribution in [0.4, 0.5) is 0 Å². The van der Waals surface area contributed by atoms with Crippen molar-refractivity contribution in [3.63, 3.8) is 0 Å². The minimum absolute atomic E-state index is 0.439. The van der Waals surface area contributed by atoms with Crippen molar-refractivity contribution in [1.29, 1.82) is 0 Å². The molecule has 0 aromatic rings. The first-order valence-electron chi connectivity index (χ1n) is 9.92. The Labute approximate surface area is 144 Å². The van der Waals surface area contributed by atoms with Crippen molar-refractivity contribution in [3.8, 4) is 0 Å². The lowest BCUT2D eigenvalue weighted by molar-refractivity contribution is -0.0584. The Morgan fingerprint density at radius 2 is 1.52 bits per heavy atom. The van der Waals surface area contributed by atoms with Gasteiger partial charge in [-0.2, -0.15) is 0 Å². The van der Waals surface area contributed by atoms with Crippen LogP contribution in [0.3, 0.4) is 0 Å². The van der Waals surface area contributed by atoms with Crippen LogP contribution in [-0.4, -0.2) is 39.1 Å². The van der Waals surface area contributed by atoms with E-state index in [2.05, 4.69) is 27.7 Å². The minimum Gasteiger partial charge on any atom is -0.381 e. The molecule has 1 rings (SSSR count). The second-order valence-corrected chi connectivity index (χ2v) is 7.52. The second kappa shape index (κ2) is 13.2. The lowest BCUT2D eigenvalue weighted by atomic mass is 9.75. The molecule has 0 bridgehead atoms. The second-order valence-electron chi connectivity index (χ2n) is 7.52. The normalized spacial score (nSPS) is 25.2. The van der Waals surface area contributed by atoms with Gasteiger partial charge in [-0.05, 0) is 49.9 Å². The fourth-order valence-electron chi connectivity index (χ4n) is 3.42. The van der Waals surface area contributed by atoms with Gasteiger partial charge in [0.25, 0.3) is 0 Å². The zero-order valence-corrected chi connectivity index (χ0v) is 16.0. The molecule has 3 heteroatoms. The van der Waals surface area contributed by atoms with Crippen LogP contribution in [0, 0.1) is 17.8 Å². The third-order valence-corrected chi connectivity index (χ3v) is 4.99. The zero-order chi connectivity index (χ0) is 16.9. The first kappa shape index (κ1) is 20.9. The van der Waals surface area contributed by atoms with Crippen LogP contribution in [0.2, 0.25) is 0 Å². The van der Waals surface area contributed by atoms with Gasteiger partial charge >= 0.3 is 0 Å². The molecule has 0 radical (unpaired) electrons. The topological polar surface area (TPSA) is 27.7 Å². The Kier molecular flexibility index (Phi) is 12.0. The van der Waals surface area contributed by atoms with Gasteiger partial charge in [0.15, 0.2) is 0 Å². The van der Waals surface area contributed by atoms with Crippen molar-refractivity contribution in [2.24, 2.45) is 17.8 Å². The number of rotatable bonds is 13. The molecule has 1 fully saturated rings. The Morgan fingerprint density at radius 1 is 0.870 bits per heavy atom. The van der Waals surface area contributed by atoms with Crippen LogP contribution in [0.25, 0.3) is 0 Å². The first-order valence-corrected chi connectivity index (χ1v) is 9.92. The highest BCUT2D eigenvalue weighted by Gasteiger charge is 2.31. The van der Waals surface area contributed by atoms with Crippen LogP contribution in [0.5, 0.6) is 0 Å². The molecule has 1 aliphatic carbocycles. The summed E-state index contributed by atoms with van der Waals surface area (Å²) >= 11 is 0. The maximum absolute atomic E-state index is 6.15. The van der Waals surface area contributed by atoms with Crippen molar-refractivity contribution in [3.05, 3.63) is 0 Å². The van der Waals surface area contributed by atoms with E-state index in [-0.39, 0.29) is 0 Å². The molecule has 138 valence electrons. The van der Waals surface area contributed by atoms with E-state index in [4.69, 9.17) is 14.2 Å². The van der Waals surface area contributed by atoms with E-state index in [0.717, 1.165) is 63.6 Å². The Morgan fingerprint density at radius 3 is 2.17 bits per heavy atom. The summed E-state index contributed by atoms with van der Waals surface area (Å²) in [6.07, 6.45) is 8.90. The minimum atomic E-state index is 0.439. The maximum atomic E-state index is 6.15. The van der Waals surface area contributed by atoms with E-state index in [9.17, 15) is 0 Å². The molecule has 23 heavy (non-hydrogen) atoms. The predicted molar refractivity (Wildman–Crippen MR) is 96.9 cm³/mol. The molecule has 0 aliphatic heterocycles. The highest BCUT2D eigenvalue weighted by molar-refractivity contribution is 4.81. The molecule has 0 aromatic carbocycles. The van der Waals surface area contributed by atoms with Gasteiger partial charge < -0.3 is 14.2 Å². The average Bonchev–Trinajstić information content (AvgIpc) is 2.52. The molecule has 0 saturated heterocycles. The van der Waals surface area contributed by atoms with Gasteiger partial charge in [0.05, 0.1) is 19.3 Å². The van der Waals surface area contributed by atoms with Crippen molar-refractivity contribution in [1.82, 2.24) is 0 Å². The van der Waals surface area contributed by atoms with Gasteiger partial charge in [-0.3, -0.25) is 0 Å². The third kappa shape index (κ3) is 9.69. The van der Waals surface area contributed by atoms with Crippen LogP contribution >= 0.6 is 0 Å². The van der Waals surface area contributed by atoms with Crippen LogP contribution in [0.15, 0.2) is 0 Å². The van der Waals surface area contributed by atoms with Gasteiger partial charge in [-0.25, -0.2) is 0 Å². The molecule has 0 heterocycles. The van der Waals surface area contributed by atoms with E-state index in [1.807, 2.05) is 0 Å². The molecular weight excluding hydrogens is 288 g/mol. The molecule has 3 unspecified atom stereocenters. The van der Waals surface area contributed by atoms with Gasteiger partial charge in [0, 0.05) is 19.8 Å². The van der Waals surface area contributed by atoms with Crippen molar-refractivity contribution in [2.75, 3.05) is 33.0 Å². The van der Waals surface area contributed by atoms with Crippen LogP contribution < -0.4 is 0 Å². The van der Waals surface area contributed by atoms with Gasteiger partial charge in [-0.1, -0.05) is 40.5 Å². The van der Waals surface area contributed by atoms with Crippen molar-refractivity contribution in [2.45, 2.75) is 78.7 Å². The summed E-state index contributed by atoms with van der Waals surface area (Å²) < 4.78 is 17.4. The Hall–Kier alpha value is -0.120. The van der Waals surface area contributed by atoms with E-state index < -0.39 is 0 Å². The monoisotopic (exact) mass is 328 g/mol. The molecular formula is C20H40O3. The molecule has 0 spiro atoms. The SMILES string of the molecule is CCCCOCCCCOCCOC1CC(C)CCC1C(C)C. The summed E-state index contributed by atoms with van der Waals surface area (Å²) in [6, 6.07) is 0. The highest BCUT2D eigenvalue weighted by atomic mass is 16.5. The molecule has 1 saturated carbocycles. The standard InChI is InChI=1S/C20H40O3/c1-5-6-11-21-12-7-8-13-22-14-15-23-20-16-18(4)9-10-19(20)17(2)3/h17-20H,5-16H2,1-4H3. The Bertz CT molecular complexity index is 268. The molecule has 1 aliphatic rings. The van der Waals surface area contributed by atoms with Crippen molar-refractivity contribution >= 4 is 0 Å². The summed E-state index contributed by atoms with van der Waals surface area (Å²) in [6.45, 7) is 13.3. The van der Waals surface area contributed by atoms with Gasteiger partial charge in [-0.15, -0.1) is 0 Å². The van der Waals surface area contributed by atoms with Crippen LogP contribution in [-0.2, 0) is 14.2 Å². The smallest absolute Gasteiger partial charge is 0.0704 e. The highest BCUT2D eigenvalue weighted by Crippen LogP contribution is 2.35. The summed E-state index contributed by atoms with van der Waals surface area (Å²) in [7, 11) is 0. The first-order chi connectivity index (χ1) is 11.1. The quantitative estimate of drug-likeness (QED) is 0.441. The largest absolute Gasteiger partial charge is 0.381 e. The average molecular weight is 329 g/mol. The maximum Gasteiger partial charge on any atom is 0.0704 e. The van der Waals surface area contributed by atoms with Crippen molar-refractivity contribution < 1.29 is 14.2 Å². The molecule has 0 N–H and O–H groups in total. The lowest BCUT2D eigenvalue weighted by Crippen LogP contribution is -2.35. The van der Waals surface area contributed by atoms with E-state index in [0.29, 0.717) is 6.10 Å². The van der Waals surface area contributed by atoms with Gasteiger partial charge in [0.1, 0.15) is 0 Å². The number of ether oxygens (including phenoxy) is 3. The van der Waals surface area contributed by atoms with Crippen LogP contribution in [0.1, 0.15) is 72.6 Å². The summed E-state index contributed by atoms with van der Waals surface area (Å²) in [4.78, 5) is 0. The van der Waals surface area contributed by atoms with Gasteiger partial charge in [0.2, 0.25) is 0 Å². The number of unbranched alkanes of at least 4 members (excludes halogenated alkanes) is 2. The number of hydrogen-bond acceptors (Lipinski definition) is 3. The zero-order valence-electron chi connectivity index (χ0n) is 16.0. The van der Waals surface area contributed by atoms with E-state index in [1.165, 1.54) is 32.1 Å². The Balaban J connectivity index is 1.97. The third-order valence-electron chi connectivity index (χ3n) is 4.99. The summed E-state index contributed by atoms with van der Waals surface area (Å²) in [5, 5.41) is 0. The van der Waals surface area contributed by atoms with E-state index in [1.54, 1.807) is 0 Å². The molecule has 3 atom stereocenters. The molecule has 0 aromatic heterocycles. The fourth-order valence-corrected chi connectivity index (χ4v) is 3.42. The predicted octanol–water partition coefficient (Wildman–Crippen LogP) is 5.08.